The zero-order valence-corrected chi connectivity index (χ0v) is 11.1. The first kappa shape index (κ1) is 15.0. The molecule has 0 saturated carbocycles. The lowest BCUT2D eigenvalue weighted by Gasteiger charge is -2.03. The van der Waals surface area contributed by atoms with Crippen LogP contribution in [0.2, 0.25) is 0 Å². The van der Waals surface area contributed by atoms with Crippen LogP contribution in [0.15, 0.2) is 29.3 Å². The highest BCUT2D eigenvalue weighted by atomic mass is 19.1. The van der Waals surface area contributed by atoms with E-state index in [9.17, 15) is 14.5 Å². The predicted molar refractivity (Wildman–Crippen MR) is 74.7 cm³/mol. The minimum Gasteiger partial charge on any atom is -0.261 e. The van der Waals surface area contributed by atoms with E-state index in [1.54, 1.807) is 6.21 Å². The SMILES string of the molecule is CCC=N/C(=C/CCC)c1ccc([N+](=O)[O-])c(F)c1. The van der Waals surface area contributed by atoms with Crippen molar-refractivity contribution in [3.05, 3.63) is 45.8 Å². The molecule has 5 heteroatoms. The Kier molecular flexibility index (Phi) is 5.85. The van der Waals surface area contributed by atoms with E-state index in [4.69, 9.17) is 0 Å². The van der Waals surface area contributed by atoms with Crippen LogP contribution < -0.4 is 0 Å². The van der Waals surface area contributed by atoms with Crippen molar-refractivity contribution in [2.45, 2.75) is 33.1 Å². The topological polar surface area (TPSA) is 55.5 Å². The summed E-state index contributed by atoms with van der Waals surface area (Å²) < 4.78 is 13.6. The molecule has 102 valence electrons. The molecule has 0 fully saturated rings. The molecule has 0 aromatic heterocycles. The molecule has 0 N–H and O–H groups in total. The second-order valence-corrected chi connectivity index (χ2v) is 4.02. The van der Waals surface area contributed by atoms with Gasteiger partial charge in [-0.25, -0.2) is 0 Å². The van der Waals surface area contributed by atoms with Gasteiger partial charge in [0.1, 0.15) is 0 Å². The van der Waals surface area contributed by atoms with Gasteiger partial charge in [0.05, 0.1) is 10.6 Å². The molecule has 0 unspecified atom stereocenters. The van der Waals surface area contributed by atoms with E-state index in [1.165, 1.54) is 12.1 Å². The maximum Gasteiger partial charge on any atom is 0.304 e. The molecule has 1 aromatic rings. The summed E-state index contributed by atoms with van der Waals surface area (Å²) in [7, 11) is 0. The summed E-state index contributed by atoms with van der Waals surface area (Å²) in [5.74, 6) is -0.836. The lowest BCUT2D eigenvalue weighted by atomic mass is 10.1. The molecule has 0 saturated heterocycles. The third-order valence-corrected chi connectivity index (χ3v) is 2.48. The third-order valence-electron chi connectivity index (χ3n) is 2.48. The van der Waals surface area contributed by atoms with Crippen LogP contribution in [0, 0.1) is 15.9 Å². The largest absolute Gasteiger partial charge is 0.304 e. The lowest BCUT2D eigenvalue weighted by molar-refractivity contribution is -0.387. The van der Waals surface area contributed by atoms with E-state index < -0.39 is 16.4 Å². The Hall–Kier alpha value is -2.04. The summed E-state index contributed by atoms with van der Waals surface area (Å²) in [5.41, 5.74) is 0.691. The zero-order valence-electron chi connectivity index (χ0n) is 11.1. The van der Waals surface area contributed by atoms with Crippen molar-refractivity contribution in [3.8, 4) is 0 Å². The fourth-order valence-electron chi connectivity index (χ4n) is 1.53. The van der Waals surface area contributed by atoms with E-state index in [-0.39, 0.29) is 0 Å². The molecule has 0 spiro atoms. The first-order valence-corrected chi connectivity index (χ1v) is 6.27. The molecule has 4 nitrogen and oxygen atoms in total. The van der Waals surface area contributed by atoms with Crippen LogP contribution in [-0.4, -0.2) is 11.1 Å². The monoisotopic (exact) mass is 264 g/mol. The number of nitro benzene ring substituents is 1. The number of halogens is 1. The predicted octanol–water partition coefficient (Wildman–Crippen LogP) is 4.36. The highest BCUT2D eigenvalue weighted by molar-refractivity contribution is 5.74. The van der Waals surface area contributed by atoms with Crippen LogP contribution in [0.1, 0.15) is 38.7 Å². The van der Waals surface area contributed by atoms with Gasteiger partial charge in [0.15, 0.2) is 0 Å². The highest BCUT2D eigenvalue weighted by Crippen LogP contribution is 2.23. The molecule has 0 aliphatic heterocycles. The van der Waals surface area contributed by atoms with Crippen molar-refractivity contribution in [2.75, 3.05) is 0 Å². The molecule has 19 heavy (non-hydrogen) atoms. The van der Waals surface area contributed by atoms with Gasteiger partial charge in [-0.15, -0.1) is 0 Å². The van der Waals surface area contributed by atoms with Gasteiger partial charge in [-0.1, -0.05) is 26.3 Å². The Labute approximate surface area is 111 Å². The van der Waals surface area contributed by atoms with Gasteiger partial charge in [-0.05, 0) is 25.0 Å². The normalized spacial score (nSPS) is 12.1. The second-order valence-electron chi connectivity index (χ2n) is 4.02. The second kappa shape index (κ2) is 7.41. The summed E-state index contributed by atoms with van der Waals surface area (Å²) in [4.78, 5) is 14.1. The van der Waals surface area contributed by atoms with Crippen LogP contribution in [0.5, 0.6) is 0 Å². The van der Waals surface area contributed by atoms with Crippen LogP contribution >= 0.6 is 0 Å². The van der Waals surface area contributed by atoms with Gasteiger partial charge in [0.25, 0.3) is 0 Å². The van der Waals surface area contributed by atoms with Crippen LogP contribution in [-0.2, 0) is 0 Å². The molecule has 0 atom stereocenters. The number of benzene rings is 1. The summed E-state index contributed by atoms with van der Waals surface area (Å²) in [5, 5.41) is 10.6. The Morgan fingerprint density at radius 1 is 1.47 bits per heavy atom. The van der Waals surface area contributed by atoms with Crippen molar-refractivity contribution in [1.82, 2.24) is 0 Å². The average molecular weight is 264 g/mol. The zero-order chi connectivity index (χ0) is 14.3. The Bertz CT molecular complexity index is 510. The highest BCUT2D eigenvalue weighted by Gasteiger charge is 2.14. The van der Waals surface area contributed by atoms with Gasteiger partial charge < -0.3 is 0 Å². The van der Waals surface area contributed by atoms with E-state index in [0.717, 1.165) is 25.3 Å². The summed E-state index contributed by atoms with van der Waals surface area (Å²) >= 11 is 0. The van der Waals surface area contributed by atoms with Crippen molar-refractivity contribution < 1.29 is 9.31 Å². The van der Waals surface area contributed by atoms with E-state index in [1.807, 2.05) is 19.9 Å². The van der Waals surface area contributed by atoms with Gasteiger partial charge in [0.2, 0.25) is 5.82 Å². The lowest BCUT2D eigenvalue weighted by Crippen LogP contribution is -1.94. The van der Waals surface area contributed by atoms with Crippen LogP contribution in [0.3, 0.4) is 0 Å². The van der Waals surface area contributed by atoms with Crippen molar-refractivity contribution in [3.63, 3.8) is 0 Å². The van der Waals surface area contributed by atoms with E-state index in [2.05, 4.69) is 4.99 Å². The Morgan fingerprint density at radius 2 is 2.21 bits per heavy atom. The van der Waals surface area contributed by atoms with Crippen molar-refractivity contribution >= 4 is 17.6 Å². The Morgan fingerprint density at radius 3 is 2.74 bits per heavy atom. The molecule has 0 radical (unpaired) electrons. The maximum absolute atomic E-state index is 13.6. The molecule has 0 aliphatic carbocycles. The fraction of sp³-hybridized carbons (Fsp3) is 0.357. The average Bonchev–Trinajstić information content (AvgIpc) is 2.38. The first-order chi connectivity index (χ1) is 9.10. The minimum atomic E-state index is -0.836. The Balaban J connectivity index is 3.13. The summed E-state index contributed by atoms with van der Waals surface area (Å²) in [6.07, 6.45) is 6.21. The number of hydrogen-bond donors (Lipinski definition) is 0. The molecule has 0 amide bonds. The standard InChI is InChI=1S/C14H17FN2O2/c1-3-5-6-13(16-9-4-2)11-7-8-14(17(18)19)12(15)10-11/h6-10H,3-5H2,1-2H3/b13-6+,16-9?. The van der Waals surface area contributed by atoms with Crippen LogP contribution in [0.4, 0.5) is 10.1 Å². The minimum absolute atomic E-state index is 0.516. The van der Waals surface area contributed by atoms with Gasteiger partial charge >= 0.3 is 5.69 Å². The van der Waals surface area contributed by atoms with Crippen LogP contribution in [0.25, 0.3) is 5.70 Å². The van der Waals surface area contributed by atoms with Crippen molar-refractivity contribution in [1.29, 1.82) is 0 Å². The number of aliphatic imine (C=N–C) groups is 1. The van der Waals surface area contributed by atoms with E-state index in [0.29, 0.717) is 11.3 Å². The van der Waals surface area contributed by atoms with Gasteiger partial charge in [0, 0.05) is 17.8 Å². The number of nitrogens with zero attached hydrogens (tertiary/aromatic N) is 2. The smallest absolute Gasteiger partial charge is 0.261 e. The van der Waals surface area contributed by atoms with Gasteiger partial charge in [-0.2, -0.15) is 4.39 Å². The third kappa shape index (κ3) is 4.28. The molecule has 0 heterocycles. The quantitative estimate of drug-likeness (QED) is 0.435. The number of rotatable bonds is 6. The maximum atomic E-state index is 13.6. The first-order valence-electron chi connectivity index (χ1n) is 6.27. The summed E-state index contributed by atoms with van der Waals surface area (Å²) in [6.45, 7) is 3.99. The van der Waals surface area contributed by atoms with Gasteiger partial charge in [-0.3, -0.25) is 15.1 Å². The number of hydrogen-bond acceptors (Lipinski definition) is 3. The molecular weight excluding hydrogens is 247 g/mol. The molecule has 1 aromatic carbocycles. The number of unbranched alkanes of at least 4 members (excludes halogenated alkanes) is 1. The number of allylic oxidation sites excluding steroid dienone is 1. The number of nitro groups is 1. The van der Waals surface area contributed by atoms with Crippen molar-refractivity contribution in [2.24, 2.45) is 4.99 Å². The molecule has 0 bridgehead atoms. The fourth-order valence-corrected chi connectivity index (χ4v) is 1.53. The molecule has 0 aliphatic rings. The molecular formula is C14H17FN2O2. The van der Waals surface area contributed by atoms with E-state index >= 15 is 0 Å². The molecule has 1 rings (SSSR count). The summed E-state index contributed by atoms with van der Waals surface area (Å²) in [6, 6.07) is 3.86.